The molecule has 0 radical (unpaired) electrons. The fourth-order valence-electron chi connectivity index (χ4n) is 5.31. The van der Waals surface area contributed by atoms with Gasteiger partial charge in [0.1, 0.15) is 0 Å². The van der Waals surface area contributed by atoms with E-state index in [9.17, 15) is 0 Å². The zero-order chi connectivity index (χ0) is 29.4. The van der Waals surface area contributed by atoms with Gasteiger partial charge in [-0.25, -0.2) is 0 Å². The lowest BCUT2D eigenvalue weighted by atomic mass is 10.0. The highest BCUT2D eigenvalue weighted by Gasteiger charge is 2.20. The minimum absolute atomic E-state index is 1.13. The Morgan fingerprint density at radius 2 is 0.537 bits per heavy atom. The topological polar surface area (TPSA) is 6.48 Å². The van der Waals surface area contributed by atoms with Gasteiger partial charge in [0.25, 0.3) is 0 Å². The Balaban J connectivity index is 1.75. The molecule has 0 heterocycles. The molecule has 0 aromatic heterocycles. The molecule has 0 aliphatic heterocycles. The van der Waals surface area contributed by atoms with Gasteiger partial charge in [-0.3, -0.25) is 0 Å². The molecular formula is C39H42N2. The molecule has 41 heavy (non-hydrogen) atoms. The SMILES string of the molecule is Cc1ccc(N(c2ccc(C)c(C)c2)c2ccc(C)c(N(c3ccc(C)c(C)c3)c3ccc(C)c(C)c3)c2)cc1C. The van der Waals surface area contributed by atoms with Crippen LogP contribution in [-0.2, 0) is 0 Å². The van der Waals surface area contributed by atoms with Crippen molar-refractivity contribution < 1.29 is 0 Å². The van der Waals surface area contributed by atoms with E-state index >= 15 is 0 Å². The van der Waals surface area contributed by atoms with Crippen molar-refractivity contribution >= 4 is 34.1 Å². The van der Waals surface area contributed by atoms with Crippen molar-refractivity contribution in [3.05, 3.63) is 141 Å². The maximum Gasteiger partial charge on any atom is 0.0511 e. The van der Waals surface area contributed by atoms with E-state index in [2.05, 4.69) is 163 Å². The number of nitrogens with zero attached hydrogens (tertiary/aromatic N) is 2. The van der Waals surface area contributed by atoms with Crippen molar-refractivity contribution in [3.63, 3.8) is 0 Å². The van der Waals surface area contributed by atoms with Gasteiger partial charge in [0.05, 0.1) is 5.69 Å². The van der Waals surface area contributed by atoms with Crippen LogP contribution in [-0.4, -0.2) is 0 Å². The van der Waals surface area contributed by atoms with Gasteiger partial charge in [-0.05, 0) is 173 Å². The second-order valence-electron chi connectivity index (χ2n) is 11.7. The first-order chi connectivity index (χ1) is 19.5. The van der Waals surface area contributed by atoms with E-state index in [0.29, 0.717) is 0 Å². The molecule has 0 spiro atoms. The van der Waals surface area contributed by atoms with E-state index in [0.717, 1.165) is 17.1 Å². The van der Waals surface area contributed by atoms with E-state index in [1.54, 1.807) is 0 Å². The molecule has 2 heteroatoms. The van der Waals surface area contributed by atoms with Crippen LogP contribution in [0.5, 0.6) is 0 Å². The van der Waals surface area contributed by atoms with E-state index < -0.39 is 0 Å². The molecular weight excluding hydrogens is 496 g/mol. The van der Waals surface area contributed by atoms with Crippen LogP contribution in [0.2, 0.25) is 0 Å². The summed E-state index contributed by atoms with van der Waals surface area (Å²) in [7, 11) is 0. The summed E-state index contributed by atoms with van der Waals surface area (Å²) >= 11 is 0. The molecule has 0 atom stereocenters. The molecule has 0 fully saturated rings. The van der Waals surface area contributed by atoms with Gasteiger partial charge in [-0.15, -0.1) is 0 Å². The van der Waals surface area contributed by atoms with Crippen LogP contribution in [0, 0.1) is 62.3 Å². The number of hydrogen-bond acceptors (Lipinski definition) is 2. The largest absolute Gasteiger partial charge is 0.310 e. The van der Waals surface area contributed by atoms with Crippen LogP contribution in [0.3, 0.4) is 0 Å². The highest BCUT2D eigenvalue weighted by molar-refractivity contribution is 5.85. The third-order valence-electron chi connectivity index (χ3n) is 8.69. The summed E-state index contributed by atoms with van der Waals surface area (Å²) in [6.45, 7) is 19.7. The molecule has 0 aliphatic rings. The quantitative estimate of drug-likeness (QED) is 0.212. The maximum atomic E-state index is 2.41. The Morgan fingerprint density at radius 1 is 0.268 bits per heavy atom. The highest BCUT2D eigenvalue weighted by atomic mass is 15.2. The predicted octanol–water partition coefficient (Wildman–Crippen LogP) is 11.4. The van der Waals surface area contributed by atoms with Gasteiger partial charge in [-0.2, -0.15) is 0 Å². The Labute approximate surface area is 246 Å². The van der Waals surface area contributed by atoms with Gasteiger partial charge in [0.2, 0.25) is 0 Å². The Morgan fingerprint density at radius 3 is 0.854 bits per heavy atom. The van der Waals surface area contributed by atoms with E-state index in [1.165, 1.54) is 67.1 Å². The fraction of sp³-hybridized carbons (Fsp3) is 0.231. The summed E-state index contributed by atoms with van der Waals surface area (Å²) < 4.78 is 0. The first-order valence-corrected chi connectivity index (χ1v) is 14.5. The highest BCUT2D eigenvalue weighted by Crippen LogP contribution is 2.43. The number of rotatable bonds is 6. The Hall–Kier alpha value is -4.30. The summed E-state index contributed by atoms with van der Waals surface area (Å²) in [6, 6.07) is 34.0. The van der Waals surface area contributed by atoms with Crippen molar-refractivity contribution in [3.8, 4) is 0 Å². The van der Waals surface area contributed by atoms with Crippen LogP contribution < -0.4 is 9.80 Å². The lowest BCUT2D eigenvalue weighted by molar-refractivity contribution is 1.19. The smallest absolute Gasteiger partial charge is 0.0511 e. The van der Waals surface area contributed by atoms with Gasteiger partial charge < -0.3 is 9.80 Å². The van der Waals surface area contributed by atoms with Crippen molar-refractivity contribution in [1.82, 2.24) is 0 Å². The summed E-state index contributed by atoms with van der Waals surface area (Å²) in [5.74, 6) is 0. The van der Waals surface area contributed by atoms with Crippen molar-refractivity contribution in [1.29, 1.82) is 0 Å². The molecule has 2 nitrogen and oxygen atoms in total. The van der Waals surface area contributed by atoms with Crippen LogP contribution in [0.15, 0.2) is 91.0 Å². The zero-order valence-electron chi connectivity index (χ0n) is 26.1. The Bertz CT molecular complexity index is 1640. The Kier molecular flexibility index (Phi) is 7.78. The first-order valence-electron chi connectivity index (χ1n) is 14.5. The molecule has 0 amide bonds. The average Bonchev–Trinajstić information content (AvgIpc) is 2.94. The summed E-state index contributed by atoms with van der Waals surface area (Å²) in [5.41, 5.74) is 18.5. The number of aryl methyl sites for hydroxylation is 9. The average molecular weight is 539 g/mol. The molecule has 5 rings (SSSR count). The standard InChI is InChI=1S/C39H42N2/c1-25-10-15-34(20-30(25)6)40(35-16-11-26(2)31(7)21-35)38-19-14-29(5)39(24-38)41(36-17-12-27(3)32(8)22-36)37-18-13-28(4)33(9)23-37/h10-24H,1-9H3. The second-order valence-corrected chi connectivity index (χ2v) is 11.7. The molecule has 0 saturated heterocycles. The lowest BCUT2D eigenvalue weighted by Crippen LogP contribution is -2.15. The van der Waals surface area contributed by atoms with E-state index in [4.69, 9.17) is 0 Å². The van der Waals surface area contributed by atoms with Crippen molar-refractivity contribution in [2.75, 3.05) is 9.80 Å². The minimum Gasteiger partial charge on any atom is -0.310 e. The number of benzene rings is 5. The van der Waals surface area contributed by atoms with E-state index in [-0.39, 0.29) is 0 Å². The minimum atomic E-state index is 1.13. The second kappa shape index (κ2) is 11.3. The van der Waals surface area contributed by atoms with Gasteiger partial charge in [0, 0.05) is 28.4 Å². The maximum absolute atomic E-state index is 2.41. The first kappa shape index (κ1) is 28.2. The van der Waals surface area contributed by atoms with Crippen LogP contribution in [0.1, 0.15) is 50.1 Å². The molecule has 0 bridgehead atoms. The van der Waals surface area contributed by atoms with Crippen LogP contribution in [0.25, 0.3) is 0 Å². The molecule has 208 valence electrons. The van der Waals surface area contributed by atoms with Crippen LogP contribution in [0.4, 0.5) is 34.1 Å². The third kappa shape index (κ3) is 5.65. The molecule has 0 unspecified atom stereocenters. The number of hydrogen-bond donors (Lipinski definition) is 0. The van der Waals surface area contributed by atoms with Crippen molar-refractivity contribution in [2.24, 2.45) is 0 Å². The summed E-state index contributed by atoms with van der Waals surface area (Å²) in [5, 5.41) is 0. The summed E-state index contributed by atoms with van der Waals surface area (Å²) in [6.07, 6.45) is 0. The molecule has 0 N–H and O–H groups in total. The van der Waals surface area contributed by atoms with Gasteiger partial charge in [-0.1, -0.05) is 30.3 Å². The van der Waals surface area contributed by atoms with Crippen molar-refractivity contribution in [2.45, 2.75) is 62.3 Å². The molecule has 0 aliphatic carbocycles. The monoisotopic (exact) mass is 538 g/mol. The van der Waals surface area contributed by atoms with E-state index in [1.807, 2.05) is 0 Å². The normalized spacial score (nSPS) is 11.0. The fourth-order valence-corrected chi connectivity index (χ4v) is 5.31. The van der Waals surface area contributed by atoms with Gasteiger partial charge >= 0.3 is 0 Å². The predicted molar refractivity (Wildman–Crippen MR) is 178 cm³/mol. The number of anilines is 6. The van der Waals surface area contributed by atoms with Gasteiger partial charge in [0.15, 0.2) is 0 Å². The molecule has 0 saturated carbocycles. The third-order valence-corrected chi connectivity index (χ3v) is 8.69. The lowest BCUT2D eigenvalue weighted by Gasteiger charge is -2.31. The van der Waals surface area contributed by atoms with Crippen LogP contribution >= 0.6 is 0 Å². The molecule has 5 aromatic rings. The summed E-state index contributed by atoms with van der Waals surface area (Å²) in [4.78, 5) is 4.80. The zero-order valence-corrected chi connectivity index (χ0v) is 26.1. The molecule has 5 aromatic carbocycles.